The summed E-state index contributed by atoms with van der Waals surface area (Å²) in [5.74, 6) is 0.283. The molecule has 3 heteroatoms. The van der Waals surface area contributed by atoms with Gasteiger partial charge in [0, 0.05) is 17.3 Å². The van der Waals surface area contributed by atoms with Crippen LogP contribution in [0.1, 0.15) is 5.56 Å². The zero-order valence-electron chi connectivity index (χ0n) is 11.8. The number of rotatable bonds is 3. The Morgan fingerprint density at radius 1 is 0.727 bits per heavy atom. The van der Waals surface area contributed by atoms with Gasteiger partial charge in [-0.25, -0.2) is 0 Å². The third-order valence-electron chi connectivity index (χ3n) is 3.38. The number of aromatic hydroxyl groups is 2. The van der Waals surface area contributed by atoms with Crippen LogP contribution in [0.2, 0.25) is 0 Å². The molecule has 3 aromatic rings. The minimum Gasteiger partial charge on any atom is -0.507 e. The van der Waals surface area contributed by atoms with Gasteiger partial charge in [-0.05, 0) is 23.8 Å². The maximum atomic E-state index is 10.4. The van der Waals surface area contributed by atoms with Gasteiger partial charge in [0.15, 0.2) is 0 Å². The van der Waals surface area contributed by atoms with Gasteiger partial charge in [0.05, 0.1) is 0 Å². The van der Waals surface area contributed by atoms with Gasteiger partial charge in [0.25, 0.3) is 0 Å². The van der Waals surface area contributed by atoms with Crippen LogP contribution in [-0.4, -0.2) is 16.4 Å². The summed E-state index contributed by atoms with van der Waals surface area (Å²) in [6.45, 7) is 0. The van der Waals surface area contributed by atoms with Crippen molar-refractivity contribution < 1.29 is 10.2 Å². The minimum absolute atomic E-state index is 0.125. The predicted molar refractivity (Wildman–Crippen MR) is 88.9 cm³/mol. The molecule has 22 heavy (non-hydrogen) atoms. The molecule has 0 atom stereocenters. The molecule has 0 heterocycles. The van der Waals surface area contributed by atoms with Gasteiger partial charge in [-0.2, -0.15) is 0 Å². The molecule has 0 aliphatic rings. The lowest BCUT2D eigenvalue weighted by molar-refractivity contribution is 0.474. The molecule has 0 amide bonds. The van der Waals surface area contributed by atoms with Crippen molar-refractivity contribution in [1.29, 1.82) is 0 Å². The summed E-state index contributed by atoms with van der Waals surface area (Å²) in [5, 5.41) is 20.1. The number of benzene rings is 3. The first kappa shape index (κ1) is 13.9. The van der Waals surface area contributed by atoms with Gasteiger partial charge in [-0.3, -0.25) is 4.99 Å². The van der Waals surface area contributed by atoms with Crippen molar-refractivity contribution in [3.05, 3.63) is 78.4 Å². The van der Waals surface area contributed by atoms with Crippen LogP contribution in [0, 0.1) is 0 Å². The Balaban J connectivity index is 1.98. The molecule has 108 valence electrons. The summed E-state index contributed by atoms with van der Waals surface area (Å²) < 4.78 is 0. The second-order valence-electron chi connectivity index (χ2n) is 4.86. The monoisotopic (exact) mass is 289 g/mol. The largest absolute Gasteiger partial charge is 0.507 e. The van der Waals surface area contributed by atoms with E-state index in [1.807, 2.05) is 48.5 Å². The van der Waals surface area contributed by atoms with Crippen molar-refractivity contribution in [3.8, 4) is 22.6 Å². The fourth-order valence-electron chi connectivity index (χ4n) is 2.22. The number of hydrogen-bond acceptors (Lipinski definition) is 3. The quantitative estimate of drug-likeness (QED) is 0.697. The number of nitrogens with zero attached hydrogens (tertiary/aromatic N) is 1. The molecule has 3 nitrogen and oxygen atoms in total. The van der Waals surface area contributed by atoms with Gasteiger partial charge in [0.1, 0.15) is 17.2 Å². The van der Waals surface area contributed by atoms with Crippen LogP contribution in [-0.2, 0) is 0 Å². The molecule has 2 N–H and O–H groups in total. The van der Waals surface area contributed by atoms with E-state index in [4.69, 9.17) is 0 Å². The van der Waals surface area contributed by atoms with Crippen molar-refractivity contribution >= 4 is 11.9 Å². The highest BCUT2D eigenvalue weighted by molar-refractivity contribution is 5.87. The van der Waals surface area contributed by atoms with E-state index in [0.717, 1.165) is 11.1 Å². The van der Waals surface area contributed by atoms with Crippen LogP contribution in [0.5, 0.6) is 11.5 Å². The van der Waals surface area contributed by atoms with E-state index in [1.54, 1.807) is 30.5 Å². The third-order valence-corrected chi connectivity index (χ3v) is 3.38. The zero-order valence-corrected chi connectivity index (χ0v) is 11.8. The van der Waals surface area contributed by atoms with E-state index in [-0.39, 0.29) is 11.5 Å². The minimum atomic E-state index is 0.125. The van der Waals surface area contributed by atoms with E-state index in [9.17, 15) is 10.2 Å². The van der Waals surface area contributed by atoms with E-state index in [1.165, 1.54) is 0 Å². The second kappa shape index (κ2) is 6.14. The predicted octanol–water partition coefficient (Wildman–Crippen LogP) is 4.52. The van der Waals surface area contributed by atoms with Gasteiger partial charge >= 0.3 is 0 Å². The van der Waals surface area contributed by atoms with Crippen LogP contribution in [0.15, 0.2) is 77.8 Å². The molecule has 0 aromatic heterocycles. The average Bonchev–Trinajstić information content (AvgIpc) is 2.56. The topological polar surface area (TPSA) is 52.8 Å². The van der Waals surface area contributed by atoms with Gasteiger partial charge in [0.2, 0.25) is 0 Å². The van der Waals surface area contributed by atoms with Crippen LogP contribution in [0.3, 0.4) is 0 Å². The van der Waals surface area contributed by atoms with Crippen molar-refractivity contribution in [2.75, 3.05) is 0 Å². The number of phenolic OH excluding ortho intramolecular Hbond substituents is 2. The summed E-state index contributed by atoms with van der Waals surface area (Å²) in [6, 6.07) is 22.0. The van der Waals surface area contributed by atoms with Gasteiger partial charge in [-0.15, -0.1) is 0 Å². The molecule has 0 bridgehead atoms. The Bertz CT molecular complexity index is 811. The average molecular weight is 289 g/mol. The Morgan fingerprint density at radius 2 is 1.45 bits per heavy atom. The molecule has 0 aliphatic carbocycles. The Kier molecular flexibility index (Phi) is 3.88. The van der Waals surface area contributed by atoms with Crippen molar-refractivity contribution in [1.82, 2.24) is 0 Å². The van der Waals surface area contributed by atoms with Gasteiger partial charge in [-0.1, -0.05) is 54.6 Å². The fourth-order valence-corrected chi connectivity index (χ4v) is 2.22. The summed E-state index contributed by atoms with van der Waals surface area (Å²) in [4.78, 5) is 4.29. The number of aliphatic imine (C=N–C) groups is 1. The molecule has 3 aromatic carbocycles. The molecule has 0 radical (unpaired) electrons. The summed E-state index contributed by atoms with van der Waals surface area (Å²) in [7, 11) is 0. The maximum absolute atomic E-state index is 10.4. The number of para-hydroxylation sites is 2. The summed E-state index contributed by atoms with van der Waals surface area (Å²) in [6.07, 6.45) is 1.54. The van der Waals surface area contributed by atoms with E-state index in [2.05, 4.69) is 4.99 Å². The molecule has 0 spiro atoms. The highest BCUT2D eigenvalue weighted by Gasteiger charge is 2.07. The van der Waals surface area contributed by atoms with Crippen molar-refractivity contribution in [2.24, 2.45) is 4.99 Å². The van der Waals surface area contributed by atoms with Crippen molar-refractivity contribution in [2.45, 2.75) is 0 Å². The molecule has 3 rings (SSSR count). The third kappa shape index (κ3) is 2.83. The molecular formula is C19H15NO2. The molecular weight excluding hydrogens is 274 g/mol. The number of phenols is 2. The highest BCUT2D eigenvalue weighted by Crippen LogP contribution is 2.36. The lowest BCUT2D eigenvalue weighted by atomic mass is 10.0. The van der Waals surface area contributed by atoms with E-state index < -0.39 is 0 Å². The first-order valence-electron chi connectivity index (χ1n) is 6.95. The zero-order chi connectivity index (χ0) is 15.4. The Hall–Kier alpha value is -3.07. The Labute approximate surface area is 128 Å². The molecule has 0 saturated heterocycles. The van der Waals surface area contributed by atoms with Crippen LogP contribution in [0.25, 0.3) is 11.1 Å². The standard InChI is InChI=1S/C19H15NO2/c21-18-12-5-4-9-15(18)13-20-17-11-6-10-16(19(17)22)14-7-2-1-3-8-14/h1-13,21-22H. The van der Waals surface area contributed by atoms with Crippen LogP contribution in [0.4, 0.5) is 5.69 Å². The van der Waals surface area contributed by atoms with Crippen molar-refractivity contribution in [3.63, 3.8) is 0 Å². The lowest BCUT2D eigenvalue weighted by Crippen LogP contribution is -1.82. The number of hydrogen-bond donors (Lipinski definition) is 2. The van der Waals surface area contributed by atoms with Crippen LogP contribution >= 0.6 is 0 Å². The SMILES string of the molecule is Oc1ccccc1C=Nc1cccc(-c2ccccc2)c1O. The highest BCUT2D eigenvalue weighted by atomic mass is 16.3. The lowest BCUT2D eigenvalue weighted by Gasteiger charge is -2.07. The first-order valence-corrected chi connectivity index (χ1v) is 6.95. The van der Waals surface area contributed by atoms with Crippen LogP contribution < -0.4 is 0 Å². The molecule has 0 unspecified atom stereocenters. The first-order chi connectivity index (χ1) is 10.8. The fraction of sp³-hybridized carbons (Fsp3) is 0. The second-order valence-corrected chi connectivity index (χ2v) is 4.86. The Morgan fingerprint density at radius 3 is 2.23 bits per heavy atom. The molecule has 0 aliphatic heterocycles. The normalized spacial score (nSPS) is 10.9. The summed E-state index contributed by atoms with van der Waals surface area (Å²) >= 11 is 0. The molecule has 0 fully saturated rings. The summed E-state index contributed by atoms with van der Waals surface area (Å²) in [5.41, 5.74) is 2.73. The smallest absolute Gasteiger partial charge is 0.148 e. The maximum Gasteiger partial charge on any atom is 0.148 e. The van der Waals surface area contributed by atoms with E-state index in [0.29, 0.717) is 11.3 Å². The molecule has 0 saturated carbocycles. The van der Waals surface area contributed by atoms with E-state index >= 15 is 0 Å². The van der Waals surface area contributed by atoms with Gasteiger partial charge < -0.3 is 10.2 Å².